The molecule has 2 saturated heterocycles. The van der Waals surface area contributed by atoms with E-state index in [4.69, 9.17) is 0 Å². The second-order valence-electron chi connectivity index (χ2n) is 5.18. The Balaban J connectivity index is 1.89. The molecule has 3 unspecified atom stereocenters. The molecule has 6 heteroatoms. The predicted molar refractivity (Wildman–Crippen MR) is 77.3 cm³/mol. The number of hydrogen-bond acceptors (Lipinski definition) is 3. The summed E-state index contributed by atoms with van der Waals surface area (Å²) in [6.45, 7) is 1.45. The van der Waals surface area contributed by atoms with Crippen LogP contribution in [0.3, 0.4) is 0 Å². The highest BCUT2D eigenvalue weighted by molar-refractivity contribution is 9.09. The Kier molecular flexibility index (Phi) is 4.83. The van der Waals surface area contributed by atoms with Crippen molar-refractivity contribution in [3.63, 3.8) is 0 Å². The van der Waals surface area contributed by atoms with Crippen molar-refractivity contribution < 1.29 is 8.42 Å². The average Bonchev–Trinajstić information content (AvgIpc) is 2.64. The maximum Gasteiger partial charge on any atom is 0.211 e. The Morgan fingerprint density at radius 2 is 2.18 bits per heavy atom. The Labute approximate surface area is 117 Å². The SMILES string of the molecule is CS(=O)(=O)N1CCCC(CC2CSCC2Br)C1. The fourth-order valence-electron chi connectivity index (χ4n) is 2.74. The number of alkyl halides is 1. The van der Waals surface area contributed by atoms with E-state index in [1.165, 1.54) is 30.6 Å². The van der Waals surface area contributed by atoms with E-state index < -0.39 is 10.0 Å². The van der Waals surface area contributed by atoms with Crippen molar-refractivity contribution in [2.75, 3.05) is 30.9 Å². The van der Waals surface area contributed by atoms with Gasteiger partial charge < -0.3 is 0 Å². The van der Waals surface area contributed by atoms with Crippen LogP contribution in [0.5, 0.6) is 0 Å². The van der Waals surface area contributed by atoms with Gasteiger partial charge in [-0.2, -0.15) is 11.8 Å². The Morgan fingerprint density at radius 1 is 1.41 bits per heavy atom. The largest absolute Gasteiger partial charge is 0.213 e. The van der Waals surface area contributed by atoms with Crippen LogP contribution < -0.4 is 0 Å². The molecule has 0 radical (unpaired) electrons. The van der Waals surface area contributed by atoms with E-state index in [0.717, 1.165) is 18.9 Å². The lowest BCUT2D eigenvalue weighted by Crippen LogP contribution is -2.40. The zero-order valence-corrected chi connectivity index (χ0v) is 13.4. The molecule has 3 atom stereocenters. The van der Waals surface area contributed by atoms with Gasteiger partial charge in [0.25, 0.3) is 0 Å². The van der Waals surface area contributed by atoms with Crippen molar-refractivity contribution in [2.24, 2.45) is 11.8 Å². The summed E-state index contributed by atoms with van der Waals surface area (Å²) in [7, 11) is -2.99. The lowest BCUT2D eigenvalue weighted by Gasteiger charge is -2.32. The molecule has 3 nitrogen and oxygen atoms in total. The molecule has 2 aliphatic heterocycles. The van der Waals surface area contributed by atoms with Gasteiger partial charge in [0.05, 0.1) is 6.26 Å². The summed E-state index contributed by atoms with van der Waals surface area (Å²) in [5, 5.41) is 0. The zero-order valence-electron chi connectivity index (χ0n) is 10.1. The minimum atomic E-state index is -2.99. The van der Waals surface area contributed by atoms with Crippen LogP contribution in [0, 0.1) is 11.8 Å². The highest BCUT2D eigenvalue weighted by atomic mass is 79.9. The van der Waals surface area contributed by atoms with Gasteiger partial charge >= 0.3 is 0 Å². The van der Waals surface area contributed by atoms with E-state index in [2.05, 4.69) is 15.9 Å². The molecular formula is C11H20BrNO2S2. The van der Waals surface area contributed by atoms with Crippen molar-refractivity contribution in [1.82, 2.24) is 4.31 Å². The van der Waals surface area contributed by atoms with E-state index in [1.54, 1.807) is 4.31 Å². The third kappa shape index (κ3) is 3.85. The second-order valence-corrected chi connectivity index (χ2v) is 9.41. The van der Waals surface area contributed by atoms with Crippen molar-refractivity contribution in [2.45, 2.75) is 24.1 Å². The molecule has 0 N–H and O–H groups in total. The molecule has 0 aliphatic carbocycles. The summed E-state index contributed by atoms with van der Waals surface area (Å²) in [4.78, 5) is 0.626. The lowest BCUT2D eigenvalue weighted by molar-refractivity contribution is 0.238. The summed E-state index contributed by atoms with van der Waals surface area (Å²) in [6, 6.07) is 0. The maximum atomic E-state index is 11.5. The molecule has 2 rings (SSSR count). The molecule has 2 heterocycles. The first kappa shape index (κ1) is 14.2. The molecule has 0 saturated carbocycles. The van der Waals surface area contributed by atoms with Gasteiger partial charge in [0, 0.05) is 23.7 Å². The van der Waals surface area contributed by atoms with Gasteiger partial charge in [-0.05, 0) is 36.9 Å². The van der Waals surface area contributed by atoms with Crippen LogP contribution in [0.2, 0.25) is 0 Å². The smallest absolute Gasteiger partial charge is 0.211 e. The first-order chi connectivity index (χ1) is 7.97. The molecule has 0 aromatic heterocycles. The molecular weight excluding hydrogens is 322 g/mol. The number of hydrogen-bond donors (Lipinski definition) is 0. The molecule has 100 valence electrons. The Morgan fingerprint density at radius 3 is 2.76 bits per heavy atom. The minimum absolute atomic E-state index is 0.558. The van der Waals surface area contributed by atoms with Gasteiger partial charge in [-0.25, -0.2) is 12.7 Å². The molecule has 2 aliphatic rings. The number of halogens is 1. The third-order valence-corrected chi connectivity index (χ3v) is 7.74. The van der Waals surface area contributed by atoms with Crippen molar-refractivity contribution in [3.05, 3.63) is 0 Å². The van der Waals surface area contributed by atoms with Crippen LogP contribution in [0.1, 0.15) is 19.3 Å². The van der Waals surface area contributed by atoms with Gasteiger partial charge in [0.1, 0.15) is 0 Å². The highest BCUT2D eigenvalue weighted by Crippen LogP contribution is 2.36. The minimum Gasteiger partial charge on any atom is -0.213 e. The molecule has 0 amide bonds. The molecule has 0 spiro atoms. The van der Waals surface area contributed by atoms with Crippen molar-refractivity contribution in [3.8, 4) is 0 Å². The highest BCUT2D eigenvalue weighted by Gasteiger charge is 2.31. The fraction of sp³-hybridized carbons (Fsp3) is 1.00. The number of sulfonamides is 1. The van der Waals surface area contributed by atoms with Gasteiger partial charge in [-0.1, -0.05) is 15.9 Å². The van der Waals surface area contributed by atoms with Crippen LogP contribution in [0.25, 0.3) is 0 Å². The van der Waals surface area contributed by atoms with Crippen LogP contribution >= 0.6 is 27.7 Å². The van der Waals surface area contributed by atoms with Crippen LogP contribution in [-0.2, 0) is 10.0 Å². The molecule has 17 heavy (non-hydrogen) atoms. The predicted octanol–water partition coefficient (Wildman–Crippen LogP) is 2.17. The van der Waals surface area contributed by atoms with E-state index >= 15 is 0 Å². The van der Waals surface area contributed by atoms with Crippen LogP contribution in [-0.4, -0.2) is 48.4 Å². The number of thioether (sulfide) groups is 1. The standard InChI is InChI=1S/C11H20BrNO2S2/c1-17(14,15)13-4-2-3-9(6-13)5-10-7-16-8-11(10)12/h9-11H,2-8H2,1H3. The molecule has 0 aromatic rings. The quantitative estimate of drug-likeness (QED) is 0.738. The maximum absolute atomic E-state index is 11.5. The Hall–Kier alpha value is 0.740. The first-order valence-electron chi connectivity index (χ1n) is 6.14. The van der Waals surface area contributed by atoms with Crippen molar-refractivity contribution >= 4 is 37.7 Å². The summed E-state index contributed by atoms with van der Waals surface area (Å²) in [6.07, 6.45) is 4.71. The van der Waals surface area contributed by atoms with Gasteiger partial charge in [0.15, 0.2) is 0 Å². The van der Waals surface area contributed by atoms with E-state index in [0.29, 0.717) is 17.3 Å². The molecule has 0 aromatic carbocycles. The van der Waals surface area contributed by atoms with E-state index in [9.17, 15) is 8.42 Å². The molecule has 2 fully saturated rings. The topological polar surface area (TPSA) is 37.4 Å². The third-order valence-electron chi connectivity index (χ3n) is 3.71. The summed E-state index contributed by atoms with van der Waals surface area (Å²) < 4.78 is 24.8. The number of rotatable bonds is 3. The number of piperidine rings is 1. The van der Waals surface area contributed by atoms with E-state index in [-0.39, 0.29) is 0 Å². The zero-order chi connectivity index (χ0) is 12.5. The lowest BCUT2D eigenvalue weighted by atomic mass is 9.89. The van der Waals surface area contributed by atoms with Gasteiger partial charge in [-0.15, -0.1) is 0 Å². The Bertz CT molecular complexity index is 360. The van der Waals surface area contributed by atoms with E-state index in [1.807, 2.05) is 11.8 Å². The summed E-state index contributed by atoms with van der Waals surface area (Å²) in [5.41, 5.74) is 0. The monoisotopic (exact) mass is 341 g/mol. The van der Waals surface area contributed by atoms with Crippen LogP contribution in [0.4, 0.5) is 0 Å². The molecule has 0 bridgehead atoms. The first-order valence-corrected chi connectivity index (χ1v) is 10.1. The second kappa shape index (κ2) is 5.80. The van der Waals surface area contributed by atoms with Crippen molar-refractivity contribution in [1.29, 1.82) is 0 Å². The fourth-order valence-corrected chi connectivity index (χ4v) is 6.19. The van der Waals surface area contributed by atoms with Gasteiger partial charge in [0.2, 0.25) is 10.0 Å². The normalized spacial score (nSPS) is 36.2. The van der Waals surface area contributed by atoms with Crippen LogP contribution in [0.15, 0.2) is 0 Å². The summed E-state index contributed by atoms with van der Waals surface area (Å²) in [5.74, 6) is 3.71. The summed E-state index contributed by atoms with van der Waals surface area (Å²) >= 11 is 5.74. The average molecular weight is 342 g/mol. The van der Waals surface area contributed by atoms with Gasteiger partial charge in [-0.3, -0.25) is 0 Å². The number of nitrogens with zero attached hydrogens (tertiary/aromatic N) is 1.